The summed E-state index contributed by atoms with van der Waals surface area (Å²) < 4.78 is 95.9. The van der Waals surface area contributed by atoms with E-state index in [1.807, 2.05) is 0 Å². The fraction of sp³-hybridized carbons (Fsp3) is 0.762. The Balaban J connectivity index is 1.80. The van der Waals surface area contributed by atoms with Crippen LogP contribution in [0.5, 0.6) is 0 Å². The number of hydrogen-bond acceptors (Lipinski definition) is 27. The Labute approximate surface area is 426 Å². The van der Waals surface area contributed by atoms with Crippen LogP contribution in [-0.4, -0.2) is 187 Å². The molecular weight excluding hydrogens is 1040 g/mol. The summed E-state index contributed by atoms with van der Waals surface area (Å²) in [5.74, 6) is -9.31. The fourth-order valence-electron chi connectivity index (χ4n) is 7.93. The standard InChI is InChI=1S/C42H56Cl3NO26/c1-14-27(62-18(5)49)31(64-20(7)51)36(40(59-14)72-41(46)42(43,44)45)71-39-35(68-24(11)55)32(65-21(8)52)28(15(2)58-39)69-37-34(67-23(10)54)30(26(13-56-37)61-17(4)48)70-38-33(66-22(9)53)29(63-19(6)50)25(12-57-38)60-16(3)47/h14-15,25-40,46H,12-13H2,1-11H3/t14-,15+,25-,26-,27+,28+,29+,30+,31+,32-,33-,34-,35-,36-,37+,38+,39+,40-/m1/s1. The summed E-state index contributed by atoms with van der Waals surface area (Å²) in [6.07, 6.45) is -29.5. The third-order valence-corrected chi connectivity index (χ3v) is 10.9. The van der Waals surface area contributed by atoms with Crippen LogP contribution in [0.3, 0.4) is 0 Å². The molecule has 30 heteroatoms. The monoisotopic (exact) mass is 1100 g/mol. The zero-order chi connectivity index (χ0) is 54.1. The van der Waals surface area contributed by atoms with E-state index in [4.69, 9.17) is 121 Å². The summed E-state index contributed by atoms with van der Waals surface area (Å²) in [7, 11) is 0. The Bertz CT molecular complexity index is 2020. The van der Waals surface area contributed by atoms with E-state index in [2.05, 4.69) is 0 Å². The van der Waals surface area contributed by atoms with E-state index in [1.165, 1.54) is 13.8 Å². The molecule has 0 saturated carbocycles. The SMILES string of the molecule is CC(=O)O[C@@H]1[C@@H](O[C@@H]2OC[C@@H](OC(C)=O)[C@H](O[C@@H]3OC[C@@H](OC(C)=O)[C@H](OC(C)=O)[C@H]3OC(C)=O)[C@H]2OC(C)=O)[C@H](C)O[C@@H](O[C@H]2[C@@H](OC(=N)C(Cl)(Cl)Cl)O[C@H](C)[C@H](OC(C)=O)[C@@H]2OC(C)=O)[C@@H]1OC(C)=O. The number of halogens is 3. The van der Waals surface area contributed by atoms with E-state index in [-0.39, 0.29) is 0 Å². The molecule has 406 valence electrons. The zero-order valence-electron chi connectivity index (χ0n) is 40.6. The minimum atomic E-state index is -2.48. The quantitative estimate of drug-likeness (QED) is 0.0743. The lowest BCUT2D eigenvalue weighted by molar-refractivity contribution is -0.377. The Morgan fingerprint density at radius 2 is 0.681 bits per heavy atom. The van der Waals surface area contributed by atoms with E-state index in [0.717, 1.165) is 62.3 Å². The van der Waals surface area contributed by atoms with Crippen LogP contribution < -0.4 is 0 Å². The van der Waals surface area contributed by atoms with Crippen LogP contribution in [0.2, 0.25) is 0 Å². The first-order chi connectivity index (χ1) is 33.5. The first-order valence-electron chi connectivity index (χ1n) is 21.8. The minimum Gasteiger partial charge on any atom is -0.457 e. The maximum Gasteiger partial charge on any atom is 0.303 e. The number of nitrogens with one attached hydrogen (secondary N) is 1. The van der Waals surface area contributed by atoms with Gasteiger partial charge in [-0.3, -0.25) is 48.6 Å². The number of rotatable bonds is 16. The van der Waals surface area contributed by atoms with Crippen molar-refractivity contribution in [3.8, 4) is 0 Å². The number of hydrogen-bond donors (Lipinski definition) is 1. The first-order valence-corrected chi connectivity index (χ1v) is 23.0. The highest BCUT2D eigenvalue weighted by Gasteiger charge is 2.59. The van der Waals surface area contributed by atoms with Gasteiger partial charge in [-0.05, 0) is 13.8 Å². The molecule has 4 heterocycles. The molecule has 0 amide bonds. The van der Waals surface area contributed by atoms with Gasteiger partial charge in [0.25, 0.3) is 3.79 Å². The van der Waals surface area contributed by atoms with Crippen molar-refractivity contribution in [2.24, 2.45) is 0 Å². The summed E-state index contributed by atoms with van der Waals surface area (Å²) in [5, 5.41) is 8.28. The first kappa shape index (κ1) is 59.8. The average Bonchev–Trinajstić information content (AvgIpc) is 3.22. The van der Waals surface area contributed by atoms with Crippen LogP contribution in [0, 0.1) is 5.41 Å². The summed E-state index contributed by atoms with van der Waals surface area (Å²) >= 11 is 17.7. The molecule has 0 aromatic heterocycles. The predicted molar refractivity (Wildman–Crippen MR) is 232 cm³/mol. The number of esters is 9. The minimum absolute atomic E-state index is 0.512. The van der Waals surface area contributed by atoms with Crippen LogP contribution in [0.4, 0.5) is 0 Å². The van der Waals surface area contributed by atoms with Gasteiger partial charge in [-0.15, -0.1) is 0 Å². The molecule has 4 rings (SSSR count). The van der Waals surface area contributed by atoms with Crippen molar-refractivity contribution in [3.63, 3.8) is 0 Å². The number of carbonyl (C=O) groups excluding carboxylic acids is 9. The third kappa shape index (κ3) is 16.7. The maximum atomic E-state index is 12.9. The summed E-state index contributed by atoms with van der Waals surface area (Å²) in [6, 6.07) is 0. The van der Waals surface area contributed by atoms with Crippen LogP contribution in [0.15, 0.2) is 0 Å². The van der Waals surface area contributed by atoms with Gasteiger partial charge < -0.3 is 80.5 Å². The molecule has 0 radical (unpaired) electrons. The van der Waals surface area contributed by atoms with Gasteiger partial charge in [0.1, 0.15) is 12.2 Å². The van der Waals surface area contributed by atoms with Crippen LogP contribution in [0.1, 0.15) is 76.2 Å². The van der Waals surface area contributed by atoms with Crippen molar-refractivity contribution in [3.05, 3.63) is 0 Å². The second kappa shape index (κ2) is 26.0. The fourth-order valence-corrected chi connectivity index (χ4v) is 8.07. The molecule has 0 aliphatic carbocycles. The normalized spacial score (nSPS) is 34.6. The van der Waals surface area contributed by atoms with Gasteiger partial charge in [-0.25, -0.2) is 0 Å². The van der Waals surface area contributed by atoms with Crippen molar-refractivity contribution in [2.45, 2.75) is 191 Å². The summed E-state index contributed by atoms with van der Waals surface area (Å²) in [5.41, 5.74) is 0. The van der Waals surface area contributed by atoms with E-state index < -0.39 is 187 Å². The van der Waals surface area contributed by atoms with E-state index in [9.17, 15) is 43.2 Å². The third-order valence-electron chi connectivity index (χ3n) is 10.3. The van der Waals surface area contributed by atoms with E-state index >= 15 is 0 Å². The van der Waals surface area contributed by atoms with Crippen LogP contribution >= 0.6 is 34.8 Å². The van der Waals surface area contributed by atoms with Gasteiger partial charge in [0, 0.05) is 62.3 Å². The van der Waals surface area contributed by atoms with Crippen LogP contribution in [-0.2, 0) is 124 Å². The highest BCUT2D eigenvalue weighted by Crippen LogP contribution is 2.39. The Morgan fingerprint density at radius 1 is 0.375 bits per heavy atom. The van der Waals surface area contributed by atoms with Gasteiger partial charge >= 0.3 is 53.7 Å². The summed E-state index contributed by atoms with van der Waals surface area (Å²) in [4.78, 5) is 113. The van der Waals surface area contributed by atoms with Gasteiger partial charge in [-0.1, -0.05) is 34.8 Å². The smallest absolute Gasteiger partial charge is 0.303 e. The second-order valence-corrected chi connectivity index (χ2v) is 18.7. The zero-order valence-corrected chi connectivity index (χ0v) is 42.8. The lowest BCUT2D eigenvalue weighted by atomic mass is 9.96. The van der Waals surface area contributed by atoms with Gasteiger partial charge in [0.15, 0.2) is 79.9 Å². The molecule has 18 atom stereocenters. The predicted octanol–water partition coefficient (Wildman–Crippen LogP) is 1.09. The highest BCUT2D eigenvalue weighted by molar-refractivity contribution is 6.76. The van der Waals surface area contributed by atoms with Crippen molar-refractivity contribution in [2.75, 3.05) is 13.2 Å². The molecule has 0 spiro atoms. The number of alkyl halides is 3. The van der Waals surface area contributed by atoms with Crippen LogP contribution in [0.25, 0.3) is 0 Å². The molecule has 0 aromatic rings. The molecule has 4 aliphatic heterocycles. The number of carbonyl (C=O) groups is 9. The van der Waals surface area contributed by atoms with Gasteiger partial charge in [-0.2, -0.15) is 0 Å². The van der Waals surface area contributed by atoms with E-state index in [1.54, 1.807) is 0 Å². The molecule has 0 bridgehead atoms. The number of ether oxygens (including phenoxy) is 17. The Kier molecular flexibility index (Phi) is 21.6. The highest BCUT2D eigenvalue weighted by atomic mass is 35.6. The molecule has 72 heavy (non-hydrogen) atoms. The van der Waals surface area contributed by atoms with Gasteiger partial charge in [0.2, 0.25) is 12.2 Å². The summed E-state index contributed by atoms with van der Waals surface area (Å²) in [6.45, 7) is 10.9. The molecular formula is C42H56Cl3NO26. The van der Waals surface area contributed by atoms with Crippen molar-refractivity contribution in [1.29, 1.82) is 5.41 Å². The largest absolute Gasteiger partial charge is 0.457 e. The lowest BCUT2D eigenvalue weighted by Gasteiger charge is -2.49. The maximum absolute atomic E-state index is 12.9. The molecule has 1 N–H and O–H groups in total. The molecule has 27 nitrogen and oxygen atoms in total. The van der Waals surface area contributed by atoms with Crippen molar-refractivity contribution >= 4 is 94.4 Å². The van der Waals surface area contributed by atoms with Crippen molar-refractivity contribution in [1.82, 2.24) is 0 Å². The van der Waals surface area contributed by atoms with E-state index in [0.29, 0.717) is 0 Å². The lowest BCUT2D eigenvalue weighted by Crippen LogP contribution is -2.67. The van der Waals surface area contributed by atoms with Gasteiger partial charge in [0.05, 0.1) is 25.4 Å². The molecule has 4 saturated heterocycles. The Hall–Kier alpha value is -4.71. The second-order valence-electron chi connectivity index (χ2n) is 16.4. The molecule has 4 aliphatic rings. The molecule has 4 fully saturated rings. The molecule has 0 aromatic carbocycles. The van der Waals surface area contributed by atoms with Crippen molar-refractivity contribution < 1.29 is 124 Å². The Morgan fingerprint density at radius 3 is 1.11 bits per heavy atom. The molecule has 0 unspecified atom stereocenters. The average molecular weight is 1100 g/mol. The topological polar surface area (TPSA) is 334 Å².